The number of nitrogens with zero attached hydrogens (tertiary/aromatic N) is 2. The van der Waals surface area contributed by atoms with Gasteiger partial charge in [-0.25, -0.2) is 28.8 Å². The number of ether oxygens (including phenoxy) is 8. The molecule has 14 N–H and O–H groups in total. The lowest BCUT2D eigenvalue weighted by atomic mass is 10.1. The Kier molecular flexibility index (Phi) is 29.9. The number of aromatic carboxylic acids is 2. The quantitative estimate of drug-likeness (QED) is 0.00785. The van der Waals surface area contributed by atoms with Gasteiger partial charge in [0.1, 0.15) is 36.8 Å². The molecule has 32 nitrogen and oxygen atoms in total. The SMILES string of the molecule is N=C(N)Nc1ccc(C(=O)Oc2ccc(COC(=O)N(Cc3cccc(C(=O)O)c3)[C@@H](CC(=O)O)C(=O)NCCOCCOCCOCCOCCNC(=O)[C@H](CC(=O)O)N(Cc3cccc(C(=O)O)c3)C(=O)OCc3ccc(OC(=O)c4ccc(NC(=N)N)cc4)cc3)cc2)cc1. The average molecular weight is 1360 g/mol. The number of nitrogens with one attached hydrogen (secondary N) is 6. The normalized spacial score (nSPS) is 11.3. The number of rotatable bonds is 39. The van der Waals surface area contributed by atoms with Crippen molar-refractivity contribution in [1.29, 1.82) is 10.8 Å². The van der Waals surface area contributed by atoms with Crippen molar-refractivity contribution in [3.63, 3.8) is 0 Å². The van der Waals surface area contributed by atoms with Crippen molar-refractivity contribution in [1.82, 2.24) is 20.4 Å². The monoisotopic (exact) mass is 1360 g/mol. The van der Waals surface area contributed by atoms with E-state index in [1.807, 2.05) is 0 Å². The predicted octanol–water partition coefficient (Wildman–Crippen LogP) is 5.10. The van der Waals surface area contributed by atoms with Crippen LogP contribution in [0.1, 0.15) is 76.5 Å². The maximum atomic E-state index is 13.8. The van der Waals surface area contributed by atoms with Crippen LogP contribution in [0.25, 0.3) is 0 Å². The summed E-state index contributed by atoms with van der Waals surface area (Å²) < 4.78 is 44.1. The van der Waals surface area contributed by atoms with Gasteiger partial charge in [-0.1, -0.05) is 48.5 Å². The first-order valence-corrected chi connectivity index (χ1v) is 29.9. The molecule has 0 saturated heterocycles. The molecule has 6 rings (SSSR count). The van der Waals surface area contributed by atoms with Gasteiger partial charge in [-0.05, 0) is 119 Å². The number of carbonyl (C=O) groups excluding carboxylic acids is 6. The molecule has 0 spiro atoms. The second kappa shape index (κ2) is 39.0. The minimum absolute atomic E-state index is 0.0544. The largest absolute Gasteiger partial charge is 0.481 e. The van der Waals surface area contributed by atoms with E-state index in [1.54, 1.807) is 0 Å². The smallest absolute Gasteiger partial charge is 0.411 e. The number of carboxylic acids is 4. The van der Waals surface area contributed by atoms with Crippen LogP contribution in [0.3, 0.4) is 0 Å². The van der Waals surface area contributed by atoms with E-state index in [0.29, 0.717) is 22.5 Å². The van der Waals surface area contributed by atoms with E-state index in [-0.39, 0.29) is 136 Å². The van der Waals surface area contributed by atoms with E-state index in [9.17, 15) is 68.4 Å². The van der Waals surface area contributed by atoms with Crippen molar-refractivity contribution in [2.75, 3.05) is 76.6 Å². The molecule has 0 aromatic heterocycles. The summed E-state index contributed by atoms with van der Waals surface area (Å²) in [5.74, 6) is -8.77. The topological polar surface area (TPSA) is 480 Å². The van der Waals surface area contributed by atoms with Crippen LogP contribution in [-0.2, 0) is 73.9 Å². The number of esters is 2. The lowest BCUT2D eigenvalue weighted by Gasteiger charge is -2.29. The fraction of sp³-hybridized carbons (Fsp3) is 0.273. The molecule has 0 unspecified atom stereocenters. The van der Waals surface area contributed by atoms with Crippen molar-refractivity contribution >= 4 is 83.1 Å². The van der Waals surface area contributed by atoms with Crippen LogP contribution < -0.4 is 42.2 Å². The number of hydrogen-bond donors (Lipinski definition) is 12. The molecule has 0 saturated carbocycles. The van der Waals surface area contributed by atoms with E-state index >= 15 is 0 Å². The second-order valence-electron chi connectivity index (χ2n) is 20.9. The highest BCUT2D eigenvalue weighted by Crippen LogP contribution is 2.22. The van der Waals surface area contributed by atoms with E-state index in [2.05, 4.69) is 21.3 Å². The van der Waals surface area contributed by atoms with Crippen LogP contribution in [0, 0.1) is 10.8 Å². The fourth-order valence-corrected chi connectivity index (χ4v) is 8.90. The summed E-state index contributed by atoms with van der Waals surface area (Å²) in [4.78, 5) is 130. The summed E-state index contributed by atoms with van der Waals surface area (Å²) in [6.07, 6.45) is -3.93. The molecule has 4 amide bonds. The second-order valence-corrected chi connectivity index (χ2v) is 20.9. The summed E-state index contributed by atoms with van der Waals surface area (Å²) in [7, 11) is 0. The van der Waals surface area contributed by atoms with E-state index in [4.69, 9.17) is 60.2 Å². The van der Waals surface area contributed by atoms with Gasteiger partial charge in [0.05, 0.1) is 88.0 Å². The third-order valence-corrected chi connectivity index (χ3v) is 13.6. The fourth-order valence-electron chi connectivity index (χ4n) is 8.90. The third-order valence-electron chi connectivity index (χ3n) is 13.6. The zero-order valence-corrected chi connectivity index (χ0v) is 52.5. The Morgan fingerprint density at radius 3 is 1.07 bits per heavy atom. The first-order chi connectivity index (χ1) is 47.0. The van der Waals surface area contributed by atoms with Crippen molar-refractivity contribution in [2.45, 2.75) is 51.2 Å². The zero-order valence-electron chi connectivity index (χ0n) is 52.5. The number of aliphatic carboxylic acids is 2. The number of anilines is 2. The predicted molar refractivity (Wildman–Crippen MR) is 346 cm³/mol. The van der Waals surface area contributed by atoms with Crippen molar-refractivity contribution in [2.24, 2.45) is 11.5 Å². The van der Waals surface area contributed by atoms with Crippen LogP contribution in [0.15, 0.2) is 146 Å². The molecule has 0 heterocycles. The van der Waals surface area contributed by atoms with Crippen molar-refractivity contribution in [3.05, 3.63) is 190 Å². The molecule has 518 valence electrons. The van der Waals surface area contributed by atoms with Crippen LogP contribution in [0.4, 0.5) is 21.0 Å². The number of hydrogen-bond acceptors (Lipinski definition) is 20. The molecule has 0 aliphatic carbocycles. The van der Waals surface area contributed by atoms with E-state index in [1.165, 1.54) is 146 Å². The van der Waals surface area contributed by atoms with Gasteiger partial charge in [-0.15, -0.1) is 0 Å². The van der Waals surface area contributed by atoms with E-state index in [0.717, 1.165) is 9.80 Å². The lowest BCUT2D eigenvalue weighted by Crippen LogP contribution is -2.51. The van der Waals surface area contributed by atoms with Gasteiger partial charge in [0.2, 0.25) is 11.8 Å². The molecule has 6 aromatic carbocycles. The Hall–Kier alpha value is -12.0. The number of nitrogens with two attached hydrogens (primary N) is 2. The van der Waals surface area contributed by atoms with Gasteiger partial charge in [0, 0.05) is 37.6 Å². The highest BCUT2D eigenvalue weighted by Gasteiger charge is 2.35. The summed E-state index contributed by atoms with van der Waals surface area (Å²) in [5, 5.41) is 63.9. The maximum absolute atomic E-state index is 13.8. The summed E-state index contributed by atoms with van der Waals surface area (Å²) in [6.45, 7) is -1.30. The minimum atomic E-state index is -1.65. The number of guanidine groups is 2. The summed E-state index contributed by atoms with van der Waals surface area (Å²) in [6, 6.07) is 31.6. The van der Waals surface area contributed by atoms with Crippen molar-refractivity contribution in [3.8, 4) is 11.5 Å². The molecular formula is C66H72N10O22. The van der Waals surface area contributed by atoms with Gasteiger partial charge in [-0.2, -0.15) is 0 Å². The molecule has 0 aliphatic heterocycles. The Bertz CT molecular complexity index is 3500. The van der Waals surface area contributed by atoms with Gasteiger partial charge in [-0.3, -0.25) is 39.8 Å². The van der Waals surface area contributed by atoms with Crippen LogP contribution in [0.2, 0.25) is 0 Å². The molecule has 6 aromatic rings. The standard InChI is InChI=1S/C66H72N10O22/c67-63(68)73-49-15-11-45(12-16-49)61(87)97-51-19-7-41(8-20-51)39-95-65(89)75(37-43-3-1-5-47(33-43)59(83)84)53(35-55(77)78)57(81)71-23-25-91-27-29-93-31-32-94-30-28-92-26-24-72-58(82)54(36-56(79)80)76(38-44-4-2-6-48(34-44)60(85)86)66(90)96-40-42-9-21-52(22-10-42)98-62(88)46-13-17-50(18-14-46)74-64(69)70/h1-22,33-34,53-54H,23-32,35-40H2,(H,71,81)(H,72,82)(H,77,78)(H,79,80)(H,83,84)(H,85,86)(H4,67,68,73)(H4,69,70,74)/t53-,54-/m0/s1. The number of carboxylic acid groups (broad SMARTS) is 4. The molecule has 0 aliphatic rings. The summed E-state index contributed by atoms with van der Waals surface area (Å²) >= 11 is 0. The van der Waals surface area contributed by atoms with Gasteiger partial charge in [0.15, 0.2) is 11.9 Å². The van der Waals surface area contributed by atoms with Gasteiger partial charge in [0.25, 0.3) is 0 Å². The molecule has 32 heteroatoms. The van der Waals surface area contributed by atoms with Gasteiger partial charge >= 0.3 is 48.0 Å². The molecule has 0 bridgehead atoms. The van der Waals surface area contributed by atoms with Crippen LogP contribution in [0.5, 0.6) is 11.5 Å². The molecule has 0 fully saturated rings. The average Bonchev–Trinajstić information content (AvgIpc) is 0.848. The molecular weight excluding hydrogens is 1280 g/mol. The maximum Gasteiger partial charge on any atom is 0.411 e. The first-order valence-electron chi connectivity index (χ1n) is 29.9. The highest BCUT2D eigenvalue weighted by molar-refractivity contribution is 5.95. The Morgan fingerprint density at radius 1 is 0.418 bits per heavy atom. The first kappa shape index (κ1) is 75.0. The molecule has 98 heavy (non-hydrogen) atoms. The van der Waals surface area contributed by atoms with E-state index < -0.39 is 97.8 Å². The molecule has 0 radical (unpaired) electrons. The lowest BCUT2D eigenvalue weighted by molar-refractivity contribution is -0.142. The highest BCUT2D eigenvalue weighted by atomic mass is 16.6. The Balaban J connectivity index is 0.898. The number of carbonyl (C=O) groups is 10. The number of amides is 4. The number of benzene rings is 6. The molecule has 2 atom stereocenters. The third kappa shape index (κ3) is 26.1. The van der Waals surface area contributed by atoms with Crippen molar-refractivity contribution < 1.29 is 106 Å². The van der Waals surface area contributed by atoms with Crippen LogP contribution in [-0.4, -0.2) is 180 Å². The Labute approximate surface area is 559 Å². The minimum Gasteiger partial charge on any atom is -0.481 e. The van der Waals surface area contributed by atoms with Crippen LogP contribution >= 0.6 is 0 Å². The zero-order chi connectivity index (χ0) is 70.9. The summed E-state index contributed by atoms with van der Waals surface area (Å²) in [5.41, 5.74) is 13.1. The van der Waals surface area contributed by atoms with Gasteiger partial charge < -0.3 is 91.1 Å². The Morgan fingerprint density at radius 2 is 0.755 bits per heavy atom.